The summed E-state index contributed by atoms with van der Waals surface area (Å²) in [6.45, 7) is 2.15. The lowest BCUT2D eigenvalue weighted by atomic mass is 10.0. The van der Waals surface area contributed by atoms with Crippen LogP contribution in [0.25, 0.3) is 22.4 Å². The lowest BCUT2D eigenvalue weighted by Gasteiger charge is -2.11. The Bertz CT molecular complexity index is 885. The van der Waals surface area contributed by atoms with Crippen molar-refractivity contribution in [2.24, 2.45) is 0 Å². The molecule has 0 spiro atoms. The standard InChI is InChI=1S/C18H17N3O3/c1-11-17(13-5-7-16(19-9-13)21(2)3)18(20-24-11)12-4-6-14-15(8-12)23-10-22-14/h4-9H,10H2,1-3H3. The van der Waals surface area contributed by atoms with E-state index in [1.54, 1.807) is 0 Å². The van der Waals surface area contributed by atoms with Crippen LogP contribution in [0.15, 0.2) is 41.1 Å². The number of aromatic nitrogens is 2. The van der Waals surface area contributed by atoms with E-state index in [2.05, 4.69) is 10.1 Å². The van der Waals surface area contributed by atoms with Gasteiger partial charge in [0, 0.05) is 31.4 Å². The Morgan fingerprint density at radius 2 is 1.79 bits per heavy atom. The number of anilines is 1. The van der Waals surface area contributed by atoms with Gasteiger partial charge < -0.3 is 18.9 Å². The van der Waals surface area contributed by atoms with Gasteiger partial charge in [0.15, 0.2) is 11.5 Å². The number of benzene rings is 1. The lowest BCUT2D eigenvalue weighted by molar-refractivity contribution is 0.174. The number of nitrogens with zero attached hydrogens (tertiary/aromatic N) is 3. The summed E-state index contributed by atoms with van der Waals surface area (Å²) in [7, 11) is 3.93. The van der Waals surface area contributed by atoms with E-state index < -0.39 is 0 Å². The molecule has 0 aliphatic carbocycles. The predicted molar refractivity (Wildman–Crippen MR) is 90.4 cm³/mol. The van der Waals surface area contributed by atoms with Crippen LogP contribution in [0, 0.1) is 6.92 Å². The summed E-state index contributed by atoms with van der Waals surface area (Å²) in [6, 6.07) is 9.77. The fourth-order valence-electron chi connectivity index (χ4n) is 2.75. The number of ether oxygens (including phenoxy) is 2. The van der Waals surface area contributed by atoms with Gasteiger partial charge in [-0.15, -0.1) is 0 Å². The number of fused-ring (bicyclic) bond motifs is 1. The zero-order valence-electron chi connectivity index (χ0n) is 13.7. The van der Waals surface area contributed by atoms with Crippen LogP contribution in [0.3, 0.4) is 0 Å². The van der Waals surface area contributed by atoms with Crippen LogP contribution < -0.4 is 14.4 Å². The summed E-state index contributed by atoms with van der Waals surface area (Å²) in [5.41, 5.74) is 3.59. The third kappa shape index (κ3) is 2.36. The maximum Gasteiger partial charge on any atom is 0.231 e. The zero-order valence-corrected chi connectivity index (χ0v) is 13.7. The summed E-state index contributed by atoms with van der Waals surface area (Å²) in [5.74, 6) is 3.12. The van der Waals surface area contributed by atoms with Gasteiger partial charge in [-0.1, -0.05) is 5.16 Å². The Morgan fingerprint density at radius 3 is 2.54 bits per heavy atom. The average Bonchev–Trinajstić information content (AvgIpc) is 3.20. The van der Waals surface area contributed by atoms with Crippen molar-refractivity contribution in [3.05, 3.63) is 42.3 Å². The van der Waals surface area contributed by atoms with Crippen molar-refractivity contribution < 1.29 is 14.0 Å². The molecule has 24 heavy (non-hydrogen) atoms. The number of rotatable bonds is 3. The molecule has 3 aromatic rings. The smallest absolute Gasteiger partial charge is 0.231 e. The molecule has 2 aromatic heterocycles. The van der Waals surface area contributed by atoms with Gasteiger partial charge in [0.05, 0.1) is 5.56 Å². The van der Waals surface area contributed by atoms with Gasteiger partial charge in [0.1, 0.15) is 17.3 Å². The zero-order chi connectivity index (χ0) is 16.7. The molecule has 1 aliphatic rings. The molecule has 4 rings (SSSR count). The minimum absolute atomic E-state index is 0.249. The minimum Gasteiger partial charge on any atom is -0.454 e. The van der Waals surface area contributed by atoms with Gasteiger partial charge in [-0.3, -0.25) is 0 Å². The molecule has 6 nitrogen and oxygen atoms in total. The van der Waals surface area contributed by atoms with Gasteiger partial charge >= 0.3 is 0 Å². The molecule has 3 heterocycles. The van der Waals surface area contributed by atoms with Crippen molar-refractivity contribution in [1.29, 1.82) is 0 Å². The Hall–Kier alpha value is -3.02. The molecule has 0 fully saturated rings. The number of pyridine rings is 1. The fraction of sp³-hybridized carbons (Fsp3) is 0.222. The van der Waals surface area contributed by atoms with Crippen LogP contribution in [0.1, 0.15) is 5.76 Å². The first-order chi connectivity index (χ1) is 11.6. The van der Waals surface area contributed by atoms with Gasteiger partial charge in [-0.05, 0) is 37.3 Å². The van der Waals surface area contributed by atoms with Crippen molar-refractivity contribution >= 4 is 5.82 Å². The van der Waals surface area contributed by atoms with Gasteiger partial charge in [0.25, 0.3) is 0 Å². The molecular formula is C18H17N3O3. The highest BCUT2D eigenvalue weighted by molar-refractivity contribution is 5.82. The van der Waals surface area contributed by atoms with Crippen LogP contribution in [0.5, 0.6) is 11.5 Å². The lowest BCUT2D eigenvalue weighted by Crippen LogP contribution is -2.10. The van der Waals surface area contributed by atoms with E-state index in [0.29, 0.717) is 0 Å². The number of aryl methyl sites for hydroxylation is 1. The van der Waals surface area contributed by atoms with Crippen molar-refractivity contribution in [3.8, 4) is 33.9 Å². The van der Waals surface area contributed by atoms with Gasteiger partial charge in [0.2, 0.25) is 6.79 Å². The Morgan fingerprint density at radius 1 is 1.00 bits per heavy atom. The first-order valence-corrected chi connectivity index (χ1v) is 7.63. The molecular weight excluding hydrogens is 306 g/mol. The second-order valence-electron chi connectivity index (χ2n) is 5.83. The maximum absolute atomic E-state index is 5.46. The third-order valence-electron chi connectivity index (χ3n) is 4.00. The second-order valence-corrected chi connectivity index (χ2v) is 5.83. The van der Waals surface area contributed by atoms with E-state index in [-0.39, 0.29) is 6.79 Å². The molecule has 0 N–H and O–H groups in total. The van der Waals surface area contributed by atoms with Crippen molar-refractivity contribution in [3.63, 3.8) is 0 Å². The summed E-state index contributed by atoms with van der Waals surface area (Å²) < 4.78 is 16.3. The van der Waals surface area contributed by atoms with Crippen LogP contribution in [0.4, 0.5) is 5.82 Å². The normalized spacial score (nSPS) is 12.5. The number of hydrogen-bond donors (Lipinski definition) is 0. The van der Waals surface area contributed by atoms with Crippen molar-refractivity contribution in [2.45, 2.75) is 6.92 Å². The Balaban J connectivity index is 1.79. The molecule has 122 valence electrons. The maximum atomic E-state index is 5.46. The Labute approximate surface area is 139 Å². The fourth-order valence-corrected chi connectivity index (χ4v) is 2.75. The van der Waals surface area contributed by atoms with Gasteiger partial charge in [-0.25, -0.2) is 4.98 Å². The van der Waals surface area contributed by atoms with E-state index in [1.807, 2.05) is 62.4 Å². The highest BCUT2D eigenvalue weighted by Gasteiger charge is 2.20. The topological polar surface area (TPSA) is 60.6 Å². The first kappa shape index (κ1) is 14.6. The predicted octanol–water partition coefficient (Wildman–Crippen LogP) is 3.51. The summed E-state index contributed by atoms with van der Waals surface area (Å²) >= 11 is 0. The van der Waals surface area contributed by atoms with Gasteiger partial charge in [-0.2, -0.15) is 0 Å². The molecule has 0 bridgehead atoms. The van der Waals surface area contributed by atoms with Crippen molar-refractivity contribution in [2.75, 3.05) is 25.8 Å². The summed E-state index contributed by atoms with van der Waals surface area (Å²) in [5, 5.41) is 4.24. The molecule has 1 aromatic carbocycles. The monoisotopic (exact) mass is 323 g/mol. The van der Waals surface area contributed by atoms with E-state index >= 15 is 0 Å². The molecule has 0 saturated heterocycles. The molecule has 1 aliphatic heterocycles. The Kier molecular flexibility index (Phi) is 3.37. The molecule has 0 radical (unpaired) electrons. The average molecular weight is 323 g/mol. The van der Waals surface area contributed by atoms with Crippen LogP contribution in [-0.4, -0.2) is 31.0 Å². The number of hydrogen-bond acceptors (Lipinski definition) is 6. The van der Waals surface area contributed by atoms with E-state index in [4.69, 9.17) is 14.0 Å². The summed E-state index contributed by atoms with van der Waals surface area (Å²) in [6.07, 6.45) is 1.84. The molecule has 0 unspecified atom stereocenters. The highest BCUT2D eigenvalue weighted by Crippen LogP contribution is 2.39. The largest absolute Gasteiger partial charge is 0.454 e. The third-order valence-corrected chi connectivity index (χ3v) is 4.00. The SMILES string of the molecule is Cc1onc(-c2ccc3c(c2)OCO3)c1-c1ccc(N(C)C)nc1. The molecule has 0 atom stereocenters. The second kappa shape index (κ2) is 5.56. The summed E-state index contributed by atoms with van der Waals surface area (Å²) in [4.78, 5) is 6.44. The minimum atomic E-state index is 0.249. The first-order valence-electron chi connectivity index (χ1n) is 7.63. The van der Waals surface area contributed by atoms with Crippen molar-refractivity contribution in [1.82, 2.24) is 10.1 Å². The van der Waals surface area contributed by atoms with Crippen LogP contribution >= 0.6 is 0 Å². The molecule has 0 amide bonds. The van der Waals surface area contributed by atoms with E-state index in [1.165, 1.54) is 0 Å². The molecule has 6 heteroatoms. The van der Waals surface area contributed by atoms with Crippen LogP contribution in [0.2, 0.25) is 0 Å². The van der Waals surface area contributed by atoms with E-state index in [0.717, 1.165) is 45.5 Å². The van der Waals surface area contributed by atoms with Crippen LogP contribution in [-0.2, 0) is 0 Å². The molecule has 0 saturated carbocycles. The highest BCUT2D eigenvalue weighted by atomic mass is 16.7. The quantitative estimate of drug-likeness (QED) is 0.735. The van der Waals surface area contributed by atoms with E-state index in [9.17, 15) is 0 Å².